The van der Waals surface area contributed by atoms with Gasteiger partial charge >= 0.3 is 0 Å². The van der Waals surface area contributed by atoms with E-state index in [1.165, 1.54) is 18.2 Å². The highest BCUT2D eigenvalue weighted by Crippen LogP contribution is 2.39. The molecule has 3 heterocycles. The molecule has 0 unspecified atom stereocenters. The number of aromatic nitrogens is 2. The highest BCUT2D eigenvalue weighted by molar-refractivity contribution is 8.17. The topological polar surface area (TPSA) is 164 Å². The second kappa shape index (κ2) is 19.8. The van der Waals surface area contributed by atoms with Crippen LogP contribution in [-0.4, -0.2) is 172 Å². The summed E-state index contributed by atoms with van der Waals surface area (Å²) < 4.78 is 11.4. The fourth-order valence-corrected chi connectivity index (χ4v) is 6.28. The SMILES string of the molecule is CC1(C)CN(Cc2cnc[nH]2)c2cc(NOO)ccc2O1.CC1(C)Oc2ccc([N+](=O)[O-])cc2NC1=O.[B]B([B])B(B([B])[B])B(B([B])[B])B(B([B])[B])B([B])[B]. The van der Waals surface area contributed by atoms with Crippen LogP contribution in [0.1, 0.15) is 33.4 Å². The average Bonchev–Trinajstić information content (AvgIpc) is 3.57. The monoisotopic (exact) mass is 710 g/mol. The second-order valence-electron chi connectivity index (χ2n) is 14.3. The van der Waals surface area contributed by atoms with Crippen LogP contribution in [-0.2, 0) is 16.3 Å². The molecule has 2 aromatic carbocycles. The van der Waals surface area contributed by atoms with Gasteiger partial charge in [0, 0.05) is 147 Å². The van der Waals surface area contributed by atoms with E-state index in [4.69, 9.17) is 92.1 Å². The first-order chi connectivity index (χ1) is 25.6. The van der Waals surface area contributed by atoms with Gasteiger partial charge in [-0.25, -0.2) is 15.7 Å². The van der Waals surface area contributed by atoms with Gasteiger partial charge in [0.15, 0.2) is 5.60 Å². The molecular formula is C24H28B18N6O7. The van der Waals surface area contributed by atoms with Crippen LogP contribution < -0.4 is 25.2 Å². The molecule has 0 atom stereocenters. The Morgan fingerprint density at radius 1 is 0.891 bits per heavy atom. The van der Waals surface area contributed by atoms with Gasteiger partial charge in [-0.3, -0.25) is 14.9 Å². The molecule has 0 saturated heterocycles. The summed E-state index contributed by atoms with van der Waals surface area (Å²) in [6.45, 7) is 8.81. The third kappa shape index (κ3) is 12.7. The lowest BCUT2D eigenvalue weighted by atomic mass is 8.41. The van der Waals surface area contributed by atoms with Gasteiger partial charge in [0.2, 0.25) is 0 Å². The Kier molecular flexibility index (Phi) is 16.6. The zero-order chi connectivity index (χ0) is 41.4. The van der Waals surface area contributed by atoms with Crippen LogP contribution in [0.4, 0.5) is 22.7 Å². The van der Waals surface area contributed by atoms with Crippen molar-refractivity contribution in [3.05, 3.63) is 64.7 Å². The fraction of sp³-hybridized carbons (Fsp3) is 0.333. The molecule has 250 valence electrons. The van der Waals surface area contributed by atoms with E-state index in [1.54, 1.807) is 32.4 Å². The maximum Gasteiger partial charge on any atom is 0.271 e. The van der Waals surface area contributed by atoms with Crippen molar-refractivity contribution in [2.45, 2.75) is 45.4 Å². The van der Waals surface area contributed by atoms with Crippen molar-refractivity contribution in [3.8, 4) is 11.5 Å². The fourth-order valence-electron chi connectivity index (χ4n) is 6.28. The standard InChI is InChI=1S/C14H18N4O3.C10H10N2O4.B18/c1-14(2)8-18(7-11-6-15-9-16-11)12-5-10(17-21-19)3-4-13(12)20-14;1-10(2)9(13)11-7-5-6(12(14)15)3-4-8(7)16-10;1-11(2)16(12(3)4)18(15(9)10)17(13(5)6)14(7)8/h3-6,9,17,19H,7-8H2,1-2H3,(H,15,16);3-5H,1-2H3,(H,11,13);. The van der Waals surface area contributed by atoms with Crippen molar-refractivity contribution in [1.82, 2.24) is 9.97 Å². The van der Waals surface area contributed by atoms with Crippen molar-refractivity contribution in [1.29, 1.82) is 0 Å². The van der Waals surface area contributed by atoms with E-state index in [9.17, 15) is 14.9 Å². The summed E-state index contributed by atoms with van der Waals surface area (Å²) in [6, 6.07) is 9.61. The maximum absolute atomic E-state index is 11.6. The number of anilines is 3. The van der Waals surface area contributed by atoms with Crippen molar-refractivity contribution >= 4 is 157 Å². The van der Waals surface area contributed by atoms with E-state index < -0.39 is 61.6 Å². The predicted octanol–water partition coefficient (Wildman–Crippen LogP) is -2.75. The summed E-state index contributed by atoms with van der Waals surface area (Å²) >= 11 is 0. The number of imidazole rings is 1. The molecule has 0 bridgehead atoms. The number of hydrogen-bond donors (Lipinski definition) is 4. The van der Waals surface area contributed by atoms with Gasteiger partial charge in [-0.1, -0.05) is 0 Å². The van der Waals surface area contributed by atoms with E-state index in [0.717, 1.165) is 23.7 Å². The molecule has 1 amide bonds. The molecule has 0 fully saturated rings. The molecule has 55 heavy (non-hydrogen) atoms. The van der Waals surface area contributed by atoms with E-state index in [0.29, 0.717) is 23.7 Å². The minimum atomic E-state index is -0.955. The first kappa shape index (κ1) is 46.2. The van der Waals surface area contributed by atoms with E-state index in [2.05, 4.69) is 44.5 Å². The molecule has 2 aliphatic rings. The van der Waals surface area contributed by atoms with Crippen LogP contribution in [0.5, 0.6) is 11.5 Å². The Morgan fingerprint density at radius 2 is 1.45 bits per heavy atom. The summed E-state index contributed by atoms with van der Waals surface area (Å²) in [7, 11) is 56.7. The number of aromatic amines is 1. The molecule has 0 aliphatic carbocycles. The highest BCUT2D eigenvalue weighted by atomic mass is 17.2. The molecule has 1 aromatic heterocycles. The number of fused-ring (bicyclic) bond motifs is 2. The Morgan fingerprint density at radius 3 is 1.95 bits per heavy atom. The molecule has 31 heteroatoms. The van der Waals surface area contributed by atoms with Gasteiger partial charge in [-0.05, 0) is 52.0 Å². The molecule has 0 saturated carbocycles. The first-order valence-electron chi connectivity index (χ1n) is 17.0. The smallest absolute Gasteiger partial charge is 0.271 e. The summed E-state index contributed by atoms with van der Waals surface area (Å²) in [6.07, 6.45) is -2.57. The summed E-state index contributed by atoms with van der Waals surface area (Å²) in [5.41, 5.74) is 4.03. The molecule has 3 aromatic rings. The molecule has 2 aliphatic heterocycles. The number of non-ortho nitro benzene ring substituents is 1. The van der Waals surface area contributed by atoms with Gasteiger partial charge < -0.3 is 24.7 Å². The van der Waals surface area contributed by atoms with Crippen LogP contribution in [0.25, 0.3) is 0 Å². The quantitative estimate of drug-likeness (QED) is 0.0673. The minimum absolute atomic E-state index is 0.0812. The normalized spacial score (nSPS) is 14.1. The molecular weight excluding hydrogens is 679 g/mol. The molecule has 20 radical (unpaired) electrons. The zero-order valence-corrected chi connectivity index (χ0v) is 31.2. The second-order valence-corrected chi connectivity index (χ2v) is 14.3. The number of nitro groups is 1. The number of benzene rings is 2. The minimum Gasteiger partial charge on any atom is -0.484 e. The first-order valence-corrected chi connectivity index (χ1v) is 17.0. The van der Waals surface area contributed by atoms with Crippen LogP contribution >= 0.6 is 0 Å². The number of carbonyl (C=O) groups excluding carboxylic acids is 1. The van der Waals surface area contributed by atoms with Crippen LogP contribution in [0, 0.1) is 10.1 Å². The largest absolute Gasteiger partial charge is 0.484 e. The van der Waals surface area contributed by atoms with Gasteiger partial charge in [0.25, 0.3) is 11.6 Å². The number of ether oxygens (including phenoxy) is 2. The van der Waals surface area contributed by atoms with E-state index in [1.807, 2.05) is 12.1 Å². The Labute approximate surface area is 339 Å². The molecule has 0 spiro atoms. The molecule has 5 rings (SSSR count). The van der Waals surface area contributed by atoms with E-state index in [-0.39, 0.29) is 17.2 Å². The zero-order valence-electron chi connectivity index (χ0n) is 31.2. The van der Waals surface area contributed by atoms with Gasteiger partial charge in [-0.15, -0.1) is 4.99 Å². The number of amides is 1. The van der Waals surface area contributed by atoms with Crippen molar-refractivity contribution in [3.63, 3.8) is 0 Å². The van der Waals surface area contributed by atoms with E-state index >= 15 is 0 Å². The number of carbonyl (C=O) groups is 1. The van der Waals surface area contributed by atoms with Crippen LogP contribution in [0.15, 0.2) is 48.9 Å². The maximum atomic E-state index is 11.6. The lowest BCUT2D eigenvalue weighted by Crippen LogP contribution is -2.78. The van der Waals surface area contributed by atoms with Crippen LogP contribution in [0.2, 0.25) is 0 Å². The van der Waals surface area contributed by atoms with Crippen molar-refractivity contribution < 1.29 is 29.4 Å². The van der Waals surface area contributed by atoms with Gasteiger partial charge in [0.05, 0.1) is 47.1 Å². The summed E-state index contributed by atoms with van der Waals surface area (Å²) in [5, 5.41) is 21.6. The highest BCUT2D eigenvalue weighted by Gasteiger charge is 2.42. The van der Waals surface area contributed by atoms with Gasteiger partial charge in [0.1, 0.15) is 17.1 Å². The number of H-pyrrole nitrogens is 1. The average molecular weight is 707 g/mol. The van der Waals surface area contributed by atoms with Crippen molar-refractivity contribution in [2.24, 2.45) is 0 Å². The number of nitrogens with one attached hydrogen (secondary N) is 3. The predicted molar refractivity (Wildman–Crippen MR) is 238 cm³/mol. The summed E-state index contributed by atoms with van der Waals surface area (Å²) in [5.74, 6) is 0.921. The lowest BCUT2D eigenvalue weighted by Gasteiger charge is -2.40. The lowest BCUT2D eigenvalue weighted by molar-refractivity contribution is -0.384. The molecule has 13 nitrogen and oxygen atoms in total. The molecule has 4 N–H and O–H groups in total. The number of rotatable bonds is 12. The van der Waals surface area contributed by atoms with Crippen molar-refractivity contribution in [2.75, 3.05) is 22.2 Å². The number of hydrogen-bond acceptors (Lipinski definition) is 10. The Balaban J connectivity index is 0.000000224. The summed E-state index contributed by atoms with van der Waals surface area (Å²) in [4.78, 5) is 34.9. The third-order valence-corrected chi connectivity index (χ3v) is 8.78. The van der Waals surface area contributed by atoms with Crippen LogP contribution in [0.3, 0.4) is 0 Å². The third-order valence-electron chi connectivity index (χ3n) is 8.78. The number of nitrogens with zero attached hydrogens (tertiary/aromatic N) is 3. The Hall–Kier alpha value is -3.19. The number of nitro benzene ring substituents is 1. The Bertz CT molecular complexity index is 1690. The van der Waals surface area contributed by atoms with Gasteiger partial charge in [-0.2, -0.15) is 0 Å².